The van der Waals surface area contributed by atoms with E-state index in [4.69, 9.17) is 10.5 Å². The molecular weight excluding hydrogens is 230 g/mol. The SMILES string of the molecule is C[C@H]1OCCN[C@@H]1C(=O)NCC1(N)CCCCC1. The van der Waals surface area contributed by atoms with Gasteiger partial charge in [0.05, 0.1) is 12.7 Å². The van der Waals surface area contributed by atoms with E-state index in [1.54, 1.807) is 0 Å². The highest BCUT2D eigenvalue weighted by molar-refractivity contribution is 5.82. The minimum absolute atomic E-state index is 0.0117. The Kier molecular flexibility index (Phi) is 4.59. The molecule has 0 unspecified atom stereocenters. The summed E-state index contributed by atoms with van der Waals surface area (Å²) in [6.45, 7) is 3.91. The number of amides is 1. The van der Waals surface area contributed by atoms with Gasteiger partial charge in [-0.1, -0.05) is 19.3 Å². The van der Waals surface area contributed by atoms with Crippen LogP contribution in [0.2, 0.25) is 0 Å². The molecule has 0 bridgehead atoms. The number of morpholine rings is 1. The van der Waals surface area contributed by atoms with Crippen molar-refractivity contribution in [2.24, 2.45) is 5.73 Å². The summed E-state index contributed by atoms with van der Waals surface area (Å²) >= 11 is 0. The summed E-state index contributed by atoms with van der Waals surface area (Å²) in [6, 6.07) is -0.244. The van der Waals surface area contributed by atoms with Gasteiger partial charge in [0.15, 0.2) is 0 Å². The van der Waals surface area contributed by atoms with Crippen LogP contribution in [0.1, 0.15) is 39.0 Å². The van der Waals surface area contributed by atoms with Crippen molar-refractivity contribution >= 4 is 5.91 Å². The predicted molar refractivity (Wildman–Crippen MR) is 70.2 cm³/mol. The lowest BCUT2D eigenvalue weighted by Crippen LogP contribution is -2.59. The second-order valence-corrected chi connectivity index (χ2v) is 5.65. The van der Waals surface area contributed by atoms with E-state index in [0.717, 1.165) is 19.4 Å². The maximum atomic E-state index is 12.1. The van der Waals surface area contributed by atoms with Crippen molar-refractivity contribution in [1.29, 1.82) is 0 Å². The van der Waals surface area contributed by atoms with E-state index in [1.807, 2.05) is 6.92 Å². The van der Waals surface area contributed by atoms with Crippen molar-refractivity contribution in [3.8, 4) is 0 Å². The van der Waals surface area contributed by atoms with Crippen molar-refractivity contribution in [2.75, 3.05) is 19.7 Å². The van der Waals surface area contributed by atoms with E-state index in [1.165, 1.54) is 19.3 Å². The number of carbonyl (C=O) groups is 1. The quantitative estimate of drug-likeness (QED) is 0.670. The highest BCUT2D eigenvalue weighted by Gasteiger charge is 2.31. The third-order valence-corrected chi connectivity index (χ3v) is 4.06. The molecule has 2 rings (SSSR count). The minimum Gasteiger partial charge on any atom is -0.375 e. The largest absolute Gasteiger partial charge is 0.375 e. The molecule has 1 aliphatic heterocycles. The molecule has 1 aliphatic carbocycles. The average molecular weight is 255 g/mol. The lowest BCUT2D eigenvalue weighted by molar-refractivity contribution is -0.129. The zero-order valence-electron chi connectivity index (χ0n) is 11.2. The summed E-state index contributed by atoms with van der Waals surface area (Å²) in [4.78, 5) is 12.1. The van der Waals surface area contributed by atoms with Gasteiger partial charge in [-0.25, -0.2) is 0 Å². The second-order valence-electron chi connectivity index (χ2n) is 5.65. The first kappa shape index (κ1) is 13.8. The summed E-state index contributed by atoms with van der Waals surface area (Å²) < 4.78 is 5.47. The predicted octanol–water partition coefficient (Wildman–Crippen LogP) is 0.141. The number of rotatable bonds is 3. The molecule has 2 aliphatic rings. The lowest BCUT2D eigenvalue weighted by Gasteiger charge is -2.35. The van der Waals surface area contributed by atoms with Crippen LogP contribution in [-0.4, -0.2) is 43.3 Å². The Balaban J connectivity index is 1.80. The standard InChI is InChI=1S/C13H25N3O2/c1-10-11(15-7-8-18-10)12(17)16-9-13(14)5-3-2-4-6-13/h10-11,15H,2-9,14H2,1H3,(H,16,17)/t10-,11+/m1/s1. The van der Waals surface area contributed by atoms with E-state index in [9.17, 15) is 4.79 Å². The summed E-state index contributed by atoms with van der Waals surface area (Å²) in [5, 5.41) is 6.18. The van der Waals surface area contributed by atoms with Crippen LogP contribution < -0.4 is 16.4 Å². The normalized spacial score (nSPS) is 31.9. The molecule has 0 aromatic heterocycles. The first-order chi connectivity index (χ1) is 8.61. The zero-order chi connectivity index (χ0) is 13.0. The fraction of sp³-hybridized carbons (Fsp3) is 0.923. The van der Waals surface area contributed by atoms with Gasteiger partial charge >= 0.3 is 0 Å². The summed E-state index contributed by atoms with van der Waals surface area (Å²) in [7, 11) is 0. The molecule has 0 spiro atoms. The highest BCUT2D eigenvalue weighted by Crippen LogP contribution is 2.25. The second kappa shape index (κ2) is 5.99. The lowest BCUT2D eigenvalue weighted by atomic mass is 9.82. The zero-order valence-corrected chi connectivity index (χ0v) is 11.2. The van der Waals surface area contributed by atoms with E-state index >= 15 is 0 Å². The van der Waals surface area contributed by atoms with Crippen molar-refractivity contribution in [3.63, 3.8) is 0 Å². The molecule has 2 atom stereocenters. The molecule has 0 aromatic carbocycles. The van der Waals surface area contributed by atoms with Crippen molar-refractivity contribution in [3.05, 3.63) is 0 Å². The number of carbonyl (C=O) groups excluding carboxylic acids is 1. The van der Waals surface area contributed by atoms with Gasteiger partial charge in [0.25, 0.3) is 0 Å². The van der Waals surface area contributed by atoms with Crippen molar-refractivity contribution in [1.82, 2.24) is 10.6 Å². The van der Waals surface area contributed by atoms with Gasteiger partial charge < -0.3 is 21.1 Å². The molecule has 1 heterocycles. The van der Waals surface area contributed by atoms with Gasteiger partial charge in [0, 0.05) is 18.6 Å². The van der Waals surface area contributed by atoms with Gasteiger partial charge in [0.1, 0.15) is 6.04 Å². The molecule has 2 fully saturated rings. The topological polar surface area (TPSA) is 76.4 Å². The molecule has 5 heteroatoms. The van der Waals surface area contributed by atoms with Gasteiger partial charge in [-0.05, 0) is 19.8 Å². The molecule has 1 saturated heterocycles. The third kappa shape index (κ3) is 3.43. The number of hydrogen-bond acceptors (Lipinski definition) is 4. The maximum Gasteiger partial charge on any atom is 0.239 e. The molecular formula is C13H25N3O2. The third-order valence-electron chi connectivity index (χ3n) is 4.06. The molecule has 18 heavy (non-hydrogen) atoms. The number of hydrogen-bond donors (Lipinski definition) is 3. The molecule has 5 nitrogen and oxygen atoms in total. The molecule has 0 radical (unpaired) electrons. The first-order valence-electron chi connectivity index (χ1n) is 7.02. The minimum atomic E-state index is -0.244. The van der Waals surface area contributed by atoms with E-state index in [2.05, 4.69) is 10.6 Å². The van der Waals surface area contributed by atoms with Gasteiger partial charge in [-0.15, -0.1) is 0 Å². The smallest absolute Gasteiger partial charge is 0.239 e. The van der Waals surface area contributed by atoms with Crippen LogP contribution >= 0.6 is 0 Å². The summed E-state index contributed by atoms with van der Waals surface area (Å²) in [5.41, 5.74) is 6.10. The highest BCUT2D eigenvalue weighted by atomic mass is 16.5. The number of nitrogens with two attached hydrogens (primary N) is 1. The fourth-order valence-corrected chi connectivity index (χ4v) is 2.83. The molecule has 1 saturated carbocycles. The molecule has 1 amide bonds. The van der Waals surface area contributed by atoms with Crippen molar-refractivity contribution in [2.45, 2.75) is 56.7 Å². The number of ether oxygens (including phenoxy) is 1. The van der Waals surface area contributed by atoms with Gasteiger partial charge in [-0.2, -0.15) is 0 Å². The Morgan fingerprint density at radius 1 is 1.44 bits per heavy atom. The molecule has 0 aromatic rings. The Bertz CT molecular complexity index is 290. The Morgan fingerprint density at radius 2 is 2.17 bits per heavy atom. The van der Waals surface area contributed by atoms with Crippen LogP contribution in [0.5, 0.6) is 0 Å². The van der Waals surface area contributed by atoms with Crippen molar-refractivity contribution < 1.29 is 9.53 Å². The average Bonchev–Trinajstić information content (AvgIpc) is 2.38. The van der Waals surface area contributed by atoms with Crippen LogP contribution in [0.15, 0.2) is 0 Å². The maximum absolute atomic E-state index is 12.1. The van der Waals surface area contributed by atoms with Gasteiger partial charge in [0.2, 0.25) is 5.91 Å². The monoisotopic (exact) mass is 255 g/mol. The van der Waals surface area contributed by atoms with Gasteiger partial charge in [-0.3, -0.25) is 4.79 Å². The van der Waals surface area contributed by atoms with E-state index in [0.29, 0.717) is 13.2 Å². The Labute approximate surface area is 109 Å². The summed E-state index contributed by atoms with van der Waals surface area (Å²) in [5.74, 6) is 0.0117. The van der Waals surface area contributed by atoms with Crippen LogP contribution in [0, 0.1) is 0 Å². The van der Waals surface area contributed by atoms with Crippen LogP contribution in [-0.2, 0) is 9.53 Å². The Hall–Kier alpha value is -0.650. The Morgan fingerprint density at radius 3 is 2.83 bits per heavy atom. The first-order valence-corrected chi connectivity index (χ1v) is 7.02. The number of nitrogens with one attached hydrogen (secondary N) is 2. The molecule has 4 N–H and O–H groups in total. The van der Waals surface area contributed by atoms with Crippen LogP contribution in [0.25, 0.3) is 0 Å². The summed E-state index contributed by atoms with van der Waals surface area (Å²) in [6.07, 6.45) is 5.57. The van der Waals surface area contributed by atoms with E-state index < -0.39 is 0 Å². The van der Waals surface area contributed by atoms with E-state index in [-0.39, 0.29) is 23.6 Å². The van der Waals surface area contributed by atoms with Crippen LogP contribution in [0.3, 0.4) is 0 Å². The molecule has 104 valence electrons. The van der Waals surface area contributed by atoms with Crippen LogP contribution in [0.4, 0.5) is 0 Å². The fourth-order valence-electron chi connectivity index (χ4n) is 2.83.